The Morgan fingerprint density at radius 1 is 1.10 bits per heavy atom. The second-order valence-electron chi connectivity index (χ2n) is 4.41. The zero-order chi connectivity index (χ0) is 15.4. The van der Waals surface area contributed by atoms with Crippen LogP contribution >= 0.6 is 0 Å². The molecule has 0 spiro atoms. The molecule has 0 fully saturated rings. The maximum Gasteiger partial charge on any atom is 0.332 e. The van der Waals surface area contributed by atoms with Gasteiger partial charge in [0.25, 0.3) is 5.56 Å². The molecule has 0 radical (unpaired) electrons. The first-order chi connectivity index (χ1) is 10.1. The molecular weight excluding hydrogens is 278 g/mol. The molecule has 21 heavy (non-hydrogen) atoms. The Bertz CT molecular complexity index is 752. The second-order valence-corrected chi connectivity index (χ2v) is 4.41. The van der Waals surface area contributed by atoms with Crippen LogP contribution in [0.3, 0.4) is 0 Å². The third kappa shape index (κ3) is 3.06. The number of fused-ring (bicyclic) bond motifs is 1. The summed E-state index contributed by atoms with van der Waals surface area (Å²) >= 11 is 0. The van der Waals surface area contributed by atoms with Gasteiger partial charge in [-0.05, 0) is 0 Å². The topological polar surface area (TPSA) is 127 Å². The quantitative estimate of drug-likeness (QED) is 0.496. The molecule has 0 aromatic carbocycles. The zero-order valence-corrected chi connectivity index (χ0v) is 11.8. The van der Waals surface area contributed by atoms with Crippen LogP contribution in [0.25, 0.3) is 11.2 Å². The van der Waals surface area contributed by atoms with Crippen molar-refractivity contribution in [3.63, 3.8) is 0 Å². The molecule has 2 heterocycles. The van der Waals surface area contributed by atoms with Gasteiger partial charge in [-0.2, -0.15) is 0 Å². The summed E-state index contributed by atoms with van der Waals surface area (Å²) in [6.45, 7) is 1.69. The van der Waals surface area contributed by atoms with Crippen molar-refractivity contribution in [2.24, 2.45) is 14.1 Å². The first-order valence-corrected chi connectivity index (χ1v) is 6.42. The van der Waals surface area contributed by atoms with E-state index in [9.17, 15) is 9.59 Å². The molecule has 0 amide bonds. The number of nitrogens with zero attached hydrogens (tertiary/aromatic N) is 5. The van der Waals surface area contributed by atoms with Gasteiger partial charge < -0.3 is 15.7 Å². The Morgan fingerprint density at radius 3 is 2.57 bits per heavy atom. The number of aromatic nitrogens is 5. The fourth-order valence-electron chi connectivity index (χ4n) is 1.79. The highest BCUT2D eigenvalue weighted by Crippen LogP contribution is 2.02. The maximum absolute atomic E-state index is 12.0. The molecule has 10 heteroatoms. The van der Waals surface area contributed by atoms with E-state index >= 15 is 0 Å². The Balaban J connectivity index is 2.26. The van der Waals surface area contributed by atoms with Crippen molar-refractivity contribution in [1.82, 2.24) is 29.6 Å². The lowest BCUT2D eigenvalue weighted by Gasteiger charge is -2.08. The van der Waals surface area contributed by atoms with Crippen molar-refractivity contribution >= 4 is 17.1 Å². The third-order valence-electron chi connectivity index (χ3n) is 2.94. The first kappa shape index (κ1) is 15.1. The van der Waals surface area contributed by atoms with E-state index < -0.39 is 11.2 Å². The number of aliphatic hydroxyl groups is 1. The lowest BCUT2D eigenvalue weighted by molar-refractivity contribution is 0.293. The van der Waals surface area contributed by atoms with Crippen LogP contribution in [-0.2, 0) is 14.1 Å². The predicted octanol–water partition coefficient (Wildman–Crippen LogP) is -2.58. The first-order valence-electron chi connectivity index (χ1n) is 6.42. The fourth-order valence-corrected chi connectivity index (χ4v) is 1.79. The summed E-state index contributed by atoms with van der Waals surface area (Å²) in [4.78, 5) is 27.9. The number of rotatable bonds is 6. The third-order valence-corrected chi connectivity index (χ3v) is 2.94. The van der Waals surface area contributed by atoms with Crippen molar-refractivity contribution in [2.45, 2.75) is 0 Å². The largest absolute Gasteiger partial charge is 0.395 e. The molecule has 2 aromatic heterocycles. The summed E-state index contributed by atoms with van der Waals surface area (Å²) < 4.78 is 2.20. The summed E-state index contributed by atoms with van der Waals surface area (Å²) in [5.41, 5.74) is -0.755. The van der Waals surface area contributed by atoms with Crippen LogP contribution in [-0.4, -0.2) is 55.7 Å². The van der Waals surface area contributed by atoms with E-state index in [0.29, 0.717) is 19.6 Å². The predicted molar refractivity (Wildman–Crippen MR) is 76.3 cm³/mol. The van der Waals surface area contributed by atoms with E-state index in [-0.39, 0.29) is 23.7 Å². The zero-order valence-electron chi connectivity index (χ0n) is 11.8. The number of aryl methyl sites for hydroxylation is 1. The molecule has 2 rings (SSSR count). The number of hydrogen-bond donors (Lipinski definition) is 3. The van der Waals surface area contributed by atoms with Crippen molar-refractivity contribution in [2.75, 3.05) is 31.6 Å². The van der Waals surface area contributed by atoms with Crippen LogP contribution in [0.2, 0.25) is 0 Å². The highest BCUT2D eigenvalue weighted by molar-refractivity contribution is 5.69. The molecule has 0 saturated carbocycles. The van der Waals surface area contributed by atoms with Crippen LogP contribution in [0, 0.1) is 0 Å². The summed E-state index contributed by atoms with van der Waals surface area (Å²) in [6, 6.07) is 0. The average molecular weight is 295 g/mol. The molecular formula is C11H17N7O3. The van der Waals surface area contributed by atoms with Crippen LogP contribution in [0.15, 0.2) is 9.59 Å². The Labute approximate surface area is 119 Å². The van der Waals surface area contributed by atoms with E-state index in [0.717, 1.165) is 4.57 Å². The fraction of sp³-hybridized carbons (Fsp3) is 0.545. The second kappa shape index (κ2) is 6.41. The molecule has 3 N–H and O–H groups in total. The minimum absolute atomic E-state index is 0.0676. The Hall–Kier alpha value is -2.33. The van der Waals surface area contributed by atoms with E-state index in [1.807, 2.05) is 0 Å². The van der Waals surface area contributed by atoms with Crippen molar-refractivity contribution in [3.05, 3.63) is 20.8 Å². The number of anilines is 1. The van der Waals surface area contributed by atoms with Crippen LogP contribution in [0.4, 0.5) is 5.95 Å². The molecule has 0 bridgehead atoms. The molecule has 0 aliphatic heterocycles. The smallest absolute Gasteiger partial charge is 0.332 e. The van der Waals surface area contributed by atoms with Crippen molar-refractivity contribution in [1.29, 1.82) is 0 Å². The van der Waals surface area contributed by atoms with E-state index in [2.05, 4.69) is 25.8 Å². The van der Waals surface area contributed by atoms with Crippen LogP contribution in [0.5, 0.6) is 0 Å². The van der Waals surface area contributed by atoms with E-state index in [1.54, 1.807) is 0 Å². The molecule has 2 aromatic rings. The highest BCUT2D eigenvalue weighted by Gasteiger charge is 2.12. The average Bonchev–Trinajstić information content (AvgIpc) is 2.50. The van der Waals surface area contributed by atoms with Gasteiger partial charge in [-0.25, -0.2) is 9.78 Å². The number of hydrogen-bond acceptors (Lipinski definition) is 8. The molecule has 0 saturated heterocycles. The van der Waals surface area contributed by atoms with Crippen LogP contribution in [0.1, 0.15) is 0 Å². The number of nitrogens with one attached hydrogen (secondary N) is 2. The molecule has 0 atom stereocenters. The van der Waals surface area contributed by atoms with Gasteiger partial charge in [0.15, 0.2) is 11.2 Å². The molecule has 0 aliphatic rings. The minimum Gasteiger partial charge on any atom is -0.395 e. The Kier molecular flexibility index (Phi) is 4.60. The van der Waals surface area contributed by atoms with Crippen molar-refractivity contribution in [3.8, 4) is 0 Å². The monoisotopic (exact) mass is 295 g/mol. The van der Waals surface area contributed by atoms with E-state index in [1.165, 1.54) is 18.7 Å². The summed E-state index contributed by atoms with van der Waals surface area (Å²) in [5, 5.41) is 22.2. The lowest BCUT2D eigenvalue weighted by atomic mass is 10.5. The van der Waals surface area contributed by atoms with Crippen LogP contribution < -0.4 is 21.9 Å². The van der Waals surface area contributed by atoms with Gasteiger partial charge >= 0.3 is 5.69 Å². The van der Waals surface area contributed by atoms with Gasteiger partial charge in [0, 0.05) is 33.7 Å². The summed E-state index contributed by atoms with van der Waals surface area (Å²) in [7, 11) is 2.89. The molecule has 114 valence electrons. The Morgan fingerprint density at radius 2 is 1.86 bits per heavy atom. The van der Waals surface area contributed by atoms with Gasteiger partial charge in [0.1, 0.15) is 0 Å². The minimum atomic E-state index is -0.510. The molecule has 10 nitrogen and oxygen atoms in total. The van der Waals surface area contributed by atoms with Gasteiger partial charge in [0.2, 0.25) is 5.95 Å². The standard InChI is InChI=1S/C11H17N7O3/c1-17-8-7(9(20)18(2)11(17)21)14-10(16-15-8)13-4-3-12-5-6-19/h12,19H,3-6H2,1-2H3,(H,13,14,16). The lowest BCUT2D eigenvalue weighted by Crippen LogP contribution is -2.38. The van der Waals surface area contributed by atoms with Gasteiger partial charge in [-0.3, -0.25) is 13.9 Å². The van der Waals surface area contributed by atoms with Gasteiger partial charge in [-0.1, -0.05) is 0 Å². The van der Waals surface area contributed by atoms with Gasteiger partial charge in [-0.15, -0.1) is 10.2 Å². The highest BCUT2D eigenvalue weighted by atomic mass is 16.3. The summed E-state index contributed by atoms with van der Waals surface area (Å²) in [5.74, 6) is 0.212. The van der Waals surface area contributed by atoms with Crippen molar-refractivity contribution < 1.29 is 5.11 Å². The van der Waals surface area contributed by atoms with Gasteiger partial charge in [0.05, 0.1) is 6.61 Å². The normalized spacial score (nSPS) is 11.0. The SMILES string of the molecule is Cn1c(=O)c2nc(NCCNCCO)nnc2n(C)c1=O. The summed E-state index contributed by atoms with van der Waals surface area (Å²) in [6.07, 6.45) is 0. The molecule has 0 unspecified atom stereocenters. The molecule has 0 aliphatic carbocycles. The maximum atomic E-state index is 12.0. The number of aliphatic hydroxyl groups excluding tert-OH is 1. The van der Waals surface area contributed by atoms with E-state index in [4.69, 9.17) is 5.11 Å².